The van der Waals surface area contributed by atoms with E-state index in [1.807, 2.05) is 68.4 Å². The first-order chi connectivity index (χ1) is 16.6. The number of benzene rings is 2. The number of esters is 1. The molecule has 0 radical (unpaired) electrons. The number of oxazole rings is 1. The SMILES string of the molecule is CCON=C(COc1cccc(CC(OCC)C(=O)OCC)c1)c1nc(-c2ccccc2)co1. The monoisotopic (exact) mass is 466 g/mol. The maximum Gasteiger partial charge on any atom is 0.335 e. The molecule has 34 heavy (non-hydrogen) atoms. The summed E-state index contributed by atoms with van der Waals surface area (Å²) in [5.74, 6) is 0.553. The molecule has 180 valence electrons. The minimum atomic E-state index is -0.668. The van der Waals surface area contributed by atoms with Crippen molar-refractivity contribution in [3.8, 4) is 17.0 Å². The van der Waals surface area contributed by atoms with E-state index in [2.05, 4.69) is 10.1 Å². The minimum absolute atomic E-state index is 0.0883. The molecule has 3 rings (SSSR count). The van der Waals surface area contributed by atoms with Gasteiger partial charge in [0.05, 0.1) is 6.61 Å². The predicted octanol–water partition coefficient (Wildman–Crippen LogP) is 4.67. The zero-order chi connectivity index (χ0) is 24.2. The van der Waals surface area contributed by atoms with Crippen molar-refractivity contribution in [1.82, 2.24) is 4.98 Å². The number of nitrogens with zero attached hydrogens (tertiary/aromatic N) is 2. The zero-order valence-electron chi connectivity index (χ0n) is 19.7. The molecule has 0 fully saturated rings. The molecule has 8 nitrogen and oxygen atoms in total. The highest BCUT2D eigenvalue weighted by Crippen LogP contribution is 2.20. The Labute approximate surface area is 199 Å². The highest BCUT2D eigenvalue weighted by atomic mass is 16.6. The molecule has 0 N–H and O–H groups in total. The van der Waals surface area contributed by atoms with E-state index in [-0.39, 0.29) is 12.6 Å². The summed E-state index contributed by atoms with van der Waals surface area (Å²) < 4.78 is 22.3. The zero-order valence-corrected chi connectivity index (χ0v) is 19.7. The molecule has 1 heterocycles. The van der Waals surface area contributed by atoms with Crippen LogP contribution in [0.25, 0.3) is 11.3 Å². The summed E-state index contributed by atoms with van der Waals surface area (Å²) in [7, 11) is 0. The fourth-order valence-electron chi connectivity index (χ4n) is 3.19. The number of aromatic nitrogens is 1. The standard InChI is InChI=1S/C26H30N2O6/c1-4-30-24(26(29)31-5-2)16-19-11-10-14-21(15-19)32-18-23(28-34-6-3)25-27-22(17-33-25)20-12-8-7-9-13-20/h7-15,17,24H,4-6,16,18H2,1-3H3. The van der Waals surface area contributed by atoms with Gasteiger partial charge in [0.25, 0.3) is 0 Å². The van der Waals surface area contributed by atoms with Gasteiger partial charge >= 0.3 is 5.97 Å². The highest BCUT2D eigenvalue weighted by molar-refractivity contribution is 5.97. The molecule has 1 unspecified atom stereocenters. The Kier molecular flexibility index (Phi) is 9.66. The predicted molar refractivity (Wildman–Crippen MR) is 128 cm³/mol. The lowest BCUT2D eigenvalue weighted by Gasteiger charge is -2.16. The molecule has 0 aliphatic rings. The van der Waals surface area contributed by atoms with Gasteiger partial charge in [-0.3, -0.25) is 0 Å². The molecule has 1 atom stereocenters. The second-order valence-electron chi connectivity index (χ2n) is 7.20. The summed E-state index contributed by atoms with van der Waals surface area (Å²) in [5.41, 5.74) is 2.94. The third kappa shape index (κ3) is 7.18. The maximum atomic E-state index is 12.2. The Morgan fingerprint density at radius 3 is 2.59 bits per heavy atom. The lowest BCUT2D eigenvalue weighted by molar-refractivity contribution is -0.156. The summed E-state index contributed by atoms with van der Waals surface area (Å²) in [4.78, 5) is 22.0. The van der Waals surface area contributed by atoms with E-state index < -0.39 is 6.10 Å². The molecule has 0 amide bonds. The summed E-state index contributed by atoms with van der Waals surface area (Å²) in [6.07, 6.45) is 1.29. The third-order valence-corrected chi connectivity index (χ3v) is 4.74. The molecule has 0 spiro atoms. The van der Waals surface area contributed by atoms with Crippen molar-refractivity contribution in [1.29, 1.82) is 0 Å². The van der Waals surface area contributed by atoms with Crippen LogP contribution in [0.1, 0.15) is 32.2 Å². The van der Waals surface area contributed by atoms with Crippen molar-refractivity contribution >= 4 is 11.7 Å². The van der Waals surface area contributed by atoms with E-state index in [4.69, 9.17) is 23.5 Å². The summed E-state index contributed by atoms with van der Waals surface area (Å²) >= 11 is 0. The van der Waals surface area contributed by atoms with Crippen LogP contribution in [0.3, 0.4) is 0 Å². The van der Waals surface area contributed by atoms with E-state index in [1.165, 1.54) is 0 Å². The van der Waals surface area contributed by atoms with Crippen LogP contribution in [0, 0.1) is 0 Å². The summed E-state index contributed by atoms with van der Waals surface area (Å²) in [6.45, 7) is 6.67. The topological polar surface area (TPSA) is 92.4 Å². The van der Waals surface area contributed by atoms with Crippen LogP contribution in [-0.2, 0) is 25.5 Å². The molecule has 0 saturated carbocycles. The van der Waals surface area contributed by atoms with Crippen molar-refractivity contribution < 1.29 is 28.3 Å². The maximum absolute atomic E-state index is 12.2. The molecule has 1 aromatic heterocycles. The fraction of sp³-hybridized carbons (Fsp3) is 0.346. The number of carbonyl (C=O) groups excluding carboxylic acids is 1. The molecular formula is C26H30N2O6. The van der Waals surface area contributed by atoms with Gasteiger partial charge < -0.3 is 23.5 Å². The van der Waals surface area contributed by atoms with Crippen LogP contribution in [-0.4, -0.2) is 49.2 Å². The molecule has 2 aromatic carbocycles. The van der Waals surface area contributed by atoms with Crippen molar-refractivity contribution in [2.24, 2.45) is 5.16 Å². The van der Waals surface area contributed by atoms with Crippen LogP contribution in [0.15, 0.2) is 70.4 Å². The van der Waals surface area contributed by atoms with Gasteiger partial charge in [0.15, 0.2) is 11.8 Å². The van der Waals surface area contributed by atoms with Crippen molar-refractivity contribution in [3.05, 3.63) is 72.3 Å². The average Bonchev–Trinajstić information content (AvgIpc) is 3.35. The van der Waals surface area contributed by atoms with E-state index in [1.54, 1.807) is 13.2 Å². The number of carbonyl (C=O) groups is 1. The normalized spacial score (nSPS) is 12.3. The van der Waals surface area contributed by atoms with Crippen molar-refractivity contribution in [3.63, 3.8) is 0 Å². The van der Waals surface area contributed by atoms with Gasteiger partial charge in [-0.05, 0) is 38.5 Å². The molecular weight excluding hydrogens is 436 g/mol. The van der Waals surface area contributed by atoms with Crippen molar-refractivity contribution in [2.45, 2.75) is 33.3 Å². The quantitative estimate of drug-likeness (QED) is 0.205. The first kappa shape index (κ1) is 25.0. The van der Waals surface area contributed by atoms with Gasteiger partial charge in [-0.2, -0.15) is 0 Å². The minimum Gasteiger partial charge on any atom is -0.487 e. The van der Waals surface area contributed by atoms with Gasteiger partial charge in [-0.1, -0.05) is 47.6 Å². The Morgan fingerprint density at radius 2 is 1.85 bits per heavy atom. The third-order valence-electron chi connectivity index (χ3n) is 4.74. The Bertz CT molecular complexity index is 1060. The smallest absolute Gasteiger partial charge is 0.335 e. The van der Waals surface area contributed by atoms with Crippen molar-refractivity contribution in [2.75, 3.05) is 26.4 Å². The van der Waals surface area contributed by atoms with Crippen LogP contribution in [0.5, 0.6) is 5.75 Å². The Balaban J connectivity index is 1.70. The number of hydrogen-bond donors (Lipinski definition) is 0. The van der Waals surface area contributed by atoms with Gasteiger partial charge in [0.1, 0.15) is 30.9 Å². The van der Waals surface area contributed by atoms with Gasteiger partial charge in [-0.25, -0.2) is 9.78 Å². The fourth-order valence-corrected chi connectivity index (χ4v) is 3.19. The second-order valence-corrected chi connectivity index (χ2v) is 7.20. The van der Waals surface area contributed by atoms with E-state index in [9.17, 15) is 4.79 Å². The second kappa shape index (κ2) is 13.2. The van der Waals surface area contributed by atoms with E-state index in [0.717, 1.165) is 11.1 Å². The number of rotatable bonds is 13. The first-order valence-corrected chi connectivity index (χ1v) is 11.3. The molecule has 0 bridgehead atoms. The van der Waals surface area contributed by atoms with Crippen LogP contribution in [0.4, 0.5) is 0 Å². The van der Waals surface area contributed by atoms with Gasteiger partial charge in [0.2, 0.25) is 5.89 Å². The lowest BCUT2D eigenvalue weighted by Crippen LogP contribution is -2.29. The van der Waals surface area contributed by atoms with Crippen LogP contribution in [0.2, 0.25) is 0 Å². The molecule has 0 aliphatic carbocycles. The molecule has 8 heteroatoms. The largest absolute Gasteiger partial charge is 0.487 e. The Morgan fingerprint density at radius 1 is 1.03 bits per heavy atom. The van der Waals surface area contributed by atoms with Crippen LogP contribution < -0.4 is 4.74 Å². The number of ether oxygens (including phenoxy) is 3. The summed E-state index contributed by atoms with van der Waals surface area (Å²) in [6, 6.07) is 17.2. The molecule has 0 aliphatic heterocycles. The summed E-state index contributed by atoms with van der Waals surface area (Å²) in [5, 5.41) is 4.13. The number of oxime groups is 1. The first-order valence-electron chi connectivity index (χ1n) is 11.3. The van der Waals surface area contributed by atoms with Gasteiger partial charge in [0, 0.05) is 18.6 Å². The van der Waals surface area contributed by atoms with E-state index in [0.29, 0.717) is 49.3 Å². The number of hydrogen-bond acceptors (Lipinski definition) is 8. The Hall–Kier alpha value is -3.65. The molecule has 3 aromatic rings. The van der Waals surface area contributed by atoms with E-state index >= 15 is 0 Å². The lowest BCUT2D eigenvalue weighted by atomic mass is 10.1. The average molecular weight is 467 g/mol. The van der Waals surface area contributed by atoms with Crippen LogP contribution >= 0.6 is 0 Å². The molecule has 0 saturated heterocycles. The van der Waals surface area contributed by atoms with Gasteiger partial charge in [-0.15, -0.1) is 0 Å². The highest BCUT2D eigenvalue weighted by Gasteiger charge is 2.21.